The summed E-state index contributed by atoms with van der Waals surface area (Å²) < 4.78 is 2.30. The molecule has 0 saturated heterocycles. The van der Waals surface area contributed by atoms with Crippen LogP contribution in [0.1, 0.15) is 38.8 Å². The molecule has 0 amide bonds. The van der Waals surface area contributed by atoms with Crippen molar-refractivity contribution >= 4 is 0 Å². The van der Waals surface area contributed by atoms with Crippen molar-refractivity contribution in [3.05, 3.63) is 24.0 Å². The normalized spacial score (nSPS) is 18.0. The summed E-state index contributed by atoms with van der Waals surface area (Å²) in [6, 6.07) is 5.00. The molecule has 1 aliphatic carbocycles. The number of aromatic nitrogens is 1. The van der Waals surface area contributed by atoms with E-state index in [0.29, 0.717) is 6.04 Å². The molecule has 2 heteroatoms. The van der Waals surface area contributed by atoms with Crippen molar-refractivity contribution in [2.45, 2.75) is 52.2 Å². The Morgan fingerprint density at radius 2 is 2.33 bits per heavy atom. The molecule has 1 atom stereocenters. The van der Waals surface area contributed by atoms with E-state index >= 15 is 0 Å². The lowest BCUT2D eigenvalue weighted by atomic mass is 10.1. The van der Waals surface area contributed by atoms with Crippen LogP contribution >= 0.6 is 0 Å². The van der Waals surface area contributed by atoms with Gasteiger partial charge in [0, 0.05) is 31.0 Å². The van der Waals surface area contributed by atoms with E-state index in [1.807, 2.05) is 0 Å². The SMILES string of the molecule is CCn1cccc1CNC(C)CC1CC1. The Bertz CT molecular complexity index is 299. The van der Waals surface area contributed by atoms with Gasteiger partial charge in [0.1, 0.15) is 0 Å². The summed E-state index contributed by atoms with van der Waals surface area (Å²) in [5, 5.41) is 3.61. The molecule has 15 heavy (non-hydrogen) atoms. The van der Waals surface area contributed by atoms with Crippen molar-refractivity contribution in [3.8, 4) is 0 Å². The quantitative estimate of drug-likeness (QED) is 0.757. The smallest absolute Gasteiger partial charge is 0.0361 e. The standard InChI is InChI=1S/C13H22N2/c1-3-15-8-4-5-13(15)10-14-11(2)9-12-6-7-12/h4-5,8,11-12,14H,3,6-7,9-10H2,1-2H3. The second-order valence-corrected chi connectivity index (χ2v) is 4.75. The molecule has 2 nitrogen and oxygen atoms in total. The third kappa shape index (κ3) is 3.10. The van der Waals surface area contributed by atoms with E-state index < -0.39 is 0 Å². The van der Waals surface area contributed by atoms with E-state index in [-0.39, 0.29) is 0 Å². The van der Waals surface area contributed by atoms with Gasteiger partial charge in [0.2, 0.25) is 0 Å². The fourth-order valence-electron chi connectivity index (χ4n) is 2.13. The zero-order valence-electron chi connectivity index (χ0n) is 9.87. The number of hydrogen-bond donors (Lipinski definition) is 1. The predicted molar refractivity (Wildman–Crippen MR) is 63.7 cm³/mol. The molecule has 1 heterocycles. The minimum absolute atomic E-state index is 0.665. The van der Waals surface area contributed by atoms with Crippen LogP contribution in [0.3, 0.4) is 0 Å². The lowest BCUT2D eigenvalue weighted by molar-refractivity contribution is 0.477. The second kappa shape index (κ2) is 4.84. The fraction of sp³-hybridized carbons (Fsp3) is 0.692. The Morgan fingerprint density at radius 1 is 1.53 bits per heavy atom. The van der Waals surface area contributed by atoms with Gasteiger partial charge in [-0.3, -0.25) is 0 Å². The highest BCUT2D eigenvalue weighted by atomic mass is 15.0. The molecule has 0 aliphatic heterocycles. The lowest BCUT2D eigenvalue weighted by Crippen LogP contribution is -2.26. The van der Waals surface area contributed by atoms with E-state index in [1.54, 1.807) is 0 Å². The largest absolute Gasteiger partial charge is 0.351 e. The molecule has 1 saturated carbocycles. The summed E-state index contributed by atoms with van der Waals surface area (Å²) in [6.45, 7) is 6.57. The molecule has 0 bridgehead atoms. The fourth-order valence-corrected chi connectivity index (χ4v) is 2.13. The molecule has 84 valence electrons. The summed E-state index contributed by atoms with van der Waals surface area (Å²) in [4.78, 5) is 0. The van der Waals surface area contributed by atoms with Crippen LogP contribution in [0, 0.1) is 5.92 Å². The monoisotopic (exact) mass is 206 g/mol. The van der Waals surface area contributed by atoms with Crippen LogP contribution in [0.5, 0.6) is 0 Å². The molecular formula is C13H22N2. The highest BCUT2D eigenvalue weighted by Crippen LogP contribution is 2.33. The van der Waals surface area contributed by atoms with Crippen molar-refractivity contribution in [1.82, 2.24) is 9.88 Å². The highest BCUT2D eigenvalue weighted by molar-refractivity contribution is 5.06. The first-order chi connectivity index (χ1) is 7.29. The molecule has 1 aromatic heterocycles. The first-order valence-corrected chi connectivity index (χ1v) is 6.17. The summed E-state index contributed by atoms with van der Waals surface area (Å²) in [7, 11) is 0. The first kappa shape index (κ1) is 10.7. The maximum atomic E-state index is 3.61. The van der Waals surface area contributed by atoms with Gasteiger partial charge in [-0.2, -0.15) is 0 Å². The minimum Gasteiger partial charge on any atom is -0.351 e. The molecule has 0 aromatic carbocycles. The van der Waals surface area contributed by atoms with Gasteiger partial charge in [0.05, 0.1) is 0 Å². The molecular weight excluding hydrogens is 184 g/mol. The maximum Gasteiger partial charge on any atom is 0.0361 e. The Morgan fingerprint density at radius 3 is 3.00 bits per heavy atom. The van der Waals surface area contributed by atoms with Crippen molar-refractivity contribution in [2.75, 3.05) is 0 Å². The first-order valence-electron chi connectivity index (χ1n) is 6.17. The van der Waals surface area contributed by atoms with Crippen LogP contribution in [0.2, 0.25) is 0 Å². The van der Waals surface area contributed by atoms with Gasteiger partial charge in [-0.25, -0.2) is 0 Å². The third-order valence-electron chi connectivity index (χ3n) is 3.28. The van der Waals surface area contributed by atoms with Crippen LogP contribution < -0.4 is 5.32 Å². The van der Waals surface area contributed by atoms with Gasteiger partial charge in [-0.05, 0) is 38.3 Å². The Balaban J connectivity index is 1.76. The van der Waals surface area contributed by atoms with Crippen LogP contribution in [0.4, 0.5) is 0 Å². The van der Waals surface area contributed by atoms with Gasteiger partial charge in [0.25, 0.3) is 0 Å². The molecule has 2 rings (SSSR count). The van der Waals surface area contributed by atoms with Crippen molar-refractivity contribution < 1.29 is 0 Å². The van der Waals surface area contributed by atoms with E-state index in [9.17, 15) is 0 Å². The van der Waals surface area contributed by atoms with E-state index in [0.717, 1.165) is 19.0 Å². The summed E-state index contributed by atoms with van der Waals surface area (Å²) in [5.74, 6) is 1.02. The zero-order chi connectivity index (χ0) is 10.7. The Labute approximate surface area is 92.7 Å². The number of nitrogens with one attached hydrogen (secondary N) is 1. The van der Waals surface area contributed by atoms with Crippen molar-refractivity contribution in [3.63, 3.8) is 0 Å². The molecule has 1 aromatic rings. The molecule has 0 radical (unpaired) electrons. The number of rotatable bonds is 6. The highest BCUT2D eigenvalue weighted by Gasteiger charge is 2.23. The molecule has 1 unspecified atom stereocenters. The predicted octanol–water partition coefficient (Wildman–Crippen LogP) is 2.79. The van der Waals surface area contributed by atoms with Crippen LogP contribution in [0.25, 0.3) is 0 Å². The summed E-state index contributed by atoms with van der Waals surface area (Å²) in [5.41, 5.74) is 1.40. The van der Waals surface area contributed by atoms with Gasteiger partial charge in [0.15, 0.2) is 0 Å². The average molecular weight is 206 g/mol. The van der Waals surface area contributed by atoms with E-state index in [1.165, 1.54) is 25.0 Å². The number of aryl methyl sites for hydroxylation is 1. The second-order valence-electron chi connectivity index (χ2n) is 4.75. The van der Waals surface area contributed by atoms with Gasteiger partial charge in [-0.15, -0.1) is 0 Å². The topological polar surface area (TPSA) is 17.0 Å². The van der Waals surface area contributed by atoms with E-state index in [4.69, 9.17) is 0 Å². The van der Waals surface area contributed by atoms with Crippen LogP contribution in [-0.4, -0.2) is 10.6 Å². The third-order valence-corrected chi connectivity index (χ3v) is 3.28. The molecule has 0 spiro atoms. The van der Waals surface area contributed by atoms with Gasteiger partial charge in [-0.1, -0.05) is 12.8 Å². The Kier molecular flexibility index (Phi) is 3.47. The van der Waals surface area contributed by atoms with Gasteiger partial charge < -0.3 is 9.88 Å². The molecule has 1 aliphatic rings. The summed E-state index contributed by atoms with van der Waals surface area (Å²) in [6.07, 6.45) is 6.42. The number of hydrogen-bond acceptors (Lipinski definition) is 1. The van der Waals surface area contributed by atoms with Crippen LogP contribution in [-0.2, 0) is 13.1 Å². The zero-order valence-corrected chi connectivity index (χ0v) is 9.87. The molecule has 1 N–H and O–H groups in total. The van der Waals surface area contributed by atoms with E-state index in [2.05, 4.69) is 42.1 Å². The van der Waals surface area contributed by atoms with Crippen LogP contribution in [0.15, 0.2) is 18.3 Å². The Hall–Kier alpha value is -0.760. The van der Waals surface area contributed by atoms with Crippen molar-refractivity contribution in [1.29, 1.82) is 0 Å². The number of nitrogens with zero attached hydrogens (tertiary/aromatic N) is 1. The van der Waals surface area contributed by atoms with Crippen molar-refractivity contribution in [2.24, 2.45) is 5.92 Å². The van der Waals surface area contributed by atoms with Gasteiger partial charge >= 0.3 is 0 Å². The lowest BCUT2D eigenvalue weighted by Gasteiger charge is -2.14. The molecule has 1 fully saturated rings. The summed E-state index contributed by atoms with van der Waals surface area (Å²) >= 11 is 0. The maximum absolute atomic E-state index is 3.61. The minimum atomic E-state index is 0.665. The average Bonchev–Trinajstić information content (AvgIpc) is 2.92.